The summed E-state index contributed by atoms with van der Waals surface area (Å²) in [5.41, 5.74) is 1.83. The van der Waals surface area contributed by atoms with Gasteiger partial charge in [0.05, 0.1) is 0 Å². The molecular weight excluding hydrogens is 278 g/mol. The average Bonchev–Trinajstić information content (AvgIpc) is 2.90. The zero-order chi connectivity index (χ0) is 14.9. The maximum absolute atomic E-state index is 5.86. The van der Waals surface area contributed by atoms with Gasteiger partial charge in [-0.05, 0) is 32.3 Å². The molecule has 112 valence electrons. The second kappa shape index (κ2) is 5.29. The number of rotatable bonds is 4. The molecule has 0 saturated heterocycles. The summed E-state index contributed by atoms with van der Waals surface area (Å²) in [5.74, 6) is 2.07. The van der Waals surface area contributed by atoms with Crippen LogP contribution in [0, 0.1) is 6.92 Å². The second-order valence-electron chi connectivity index (χ2n) is 5.54. The number of hydrogen-bond acceptors (Lipinski definition) is 5. The Balaban J connectivity index is 1.58. The number of fused-ring (bicyclic) bond motifs is 1. The lowest BCUT2D eigenvalue weighted by atomic mass is 9.96. The Morgan fingerprint density at radius 1 is 1.23 bits per heavy atom. The molecular formula is C16H17N5O. The Morgan fingerprint density at radius 3 is 2.95 bits per heavy atom. The van der Waals surface area contributed by atoms with E-state index in [2.05, 4.69) is 20.3 Å². The molecule has 3 aromatic rings. The van der Waals surface area contributed by atoms with Crippen molar-refractivity contribution in [3.63, 3.8) is 0 Å². The fourth-order valence-electron chi connectivity index (χ4n) is 2.46. The van der Waals surface area contributed by atoms with E-state index in [0.29, 0.717) is 17.8 Å². The van der Waals surface area contributed by atoms with E-state index < -0.39 is 0 Å². The van der Waals surface area contributed by atoms with E-state index in [-0.39, 0.29) is 0 Å². The standard InChI is InChI=1S/C16H17N5O/c1-11-18-14(10-16(19-11)22-13-3-2-4-13)20-12-5-7-21-8-6-17-15(21)9-12/h5-10,13H,2-4H2,1H3,(H,18,19,20). The van der Waals surface area contributed by atoms with Crippen LogP contribution in [0.25, 0.3) is 5.65 Å². The van der Waals surface area contributed by atoms with Crippen LogP contribution in [-0.2, 0) is 0 Å². The first kappa shape index (κ1) is 13.1. The van der Waals surface area contributed by atoms with Crippen LogP contribution in [0.5, 0.6) is 5.88 Å². The van der Waals surface area contributed by atoms with Gasteiger partial charge in [0.25, 0.3) is 0 Å². The van der Waals surface area contributed by atoms with Crippen molar-refractivity contribution in [2.24, 2.45) is 0 Å². The Hall–Kier alpha value is -2.63. The largest absolute Gasteiger partial charge is 0.474 e. The van der Waals surface area contributed by atoms with Gasteiger partial charge in [-0.3, -0.25) is 0 Å². The lowest BCUT2D eigenvalue weighted by Gasteiger charge is -2.25. The molecule has 6 nitrogen and oxygen atoms in total. The van der Waals surface area contributed by atoms with Crippen LogP contribution >= 0.6 is 0 Å². The highest BCUT2D eigenvalue weighted by Crippen LogP contribution is 2.26. The highest BCUT2D eigenvalue weighted by Gasteiger charge is 2.20. The van der Waals surface area contributed by atoms with Crippen LogP contribution in [-0.4, -0.2) is 25.5 Å². The van der Waals surface area contributed by atoms with Gasteiger partial charge in [0.1, 0.15) is 23.4 Å². The molecule has 0 aromatic carbocycles. The first-order valence-corrected chi connectivity index (χ1v) is 7.48. The van der Waals surface area contributed by atoms with Crippen molar-refractivity contribution in [3.05, 3.63) is 42.6 Å². The van der Waals surface area contributed by atoms with E-state index in [1.165, 1.54) is 6.42 Å². The van der Waals surface area contributed by atoms with Gasteiger partial charge >= 0.3 is 0 Å². The molecule has 6 heteroatoms. The maximum Gasteiger partial charge on any atom is 0.219 e. The maximum atomic E-state index is 5.86. The molecule has 1 N–H and O–H groups in total. The van der Waals surface area contributed by atoms with Gasteiger partial charge < -0.3 is 14.5 Å². The van der Waals surface area contributed by atoms with Gasteiger partial charge in [-0.15, -0.1) is 0 Å². The summed E-state index contributed by atoms with van der Waals surface area (Å²) in [6.07, 6.45) is 9.43. The number of nitrogens with zero attached hydrogens (tertiary/aromatic N) is 4. The minimum Gasteiger partial charge on any atom is -0.474 e. The van der Waals surface area contributed by atoms with Crippen molar-refractivity contribution >= 4 is 17.2 Å². The predicted octanol–water partition coefficient (Wildman–Crippen LogP) is 3.11. The zero-order valence-corrected chi connectivity index (χ0v) is 12.4. The molecule has 0 bridgehead atoms. The minimum atomic E-state index is 0.309. The third-order valence-corrected chi connectivity index (χ3v) is 3.82. The summed E-state index contributed by atoms with van der Waals surface area (Å²) in [5, 5.41) is 3.29. The van der Waals surface area contributed by atoms with E-state index in [1.54, 1.807) is 6.20 Å². The highest BCUT2D eigenvalue weighted by atomic mass is 16.5. The van der Waals surface area contributed by atoms with Gasteiger partial charge in [0.2, 0.25) is 5.88 Å². The molecule has 3 aromatic heterocycles. The SMILES string of the molecule is Cc1nc(Nc2ccn3ccnc3c2)cc(OC2CCC2)n1. The molecule has 1 aliphatic rings. The molecule has 0 aliphatic heterocycles. The van der Waals surface area contributed by atoms with Gasteiger partial charge in [-0.1, -0.05) is 0 Å². The monoisotopic (exact) mass is 295 g/mol. The second-order valence-corrected chi connectivity index (χ2v) is 5.54. The molecule has 1 aliphatic carbocycles. The number of ether oxygens (including phenoxy) is 1. The minimum absolute atomic E-state index is 0.309. The van der Waals surface area contributed by atoms with Crippen molar-refractivity contribution in [2.45, 2.75) is 32.3 Å². The van der Waals surface area contributed by atoms with Crippen LogP contribution in [0.4, 0.5) is 11.5 Å². The van der Waals surface area contributed by atoms with Crippen molar-refractivity contribution in [1.82, 2.24) is 19.4 Å². The van der Waals surface area contributed by atoms with E-state index in [1.807, 2.05) is 41.9 Å². The summed E-state index contributed by atoms with van der Waals surface area (Å²) < 4.78 is 7.82. The summed E-state index contributed by atoms with van der Waals surface area (Å²) >= 11 is 0. The number of anilines is 2. The highest BCUT2D eigenvalue weighted by molar-refractivity contribution is 5.61. The Labute approximate surface area is 128 Å². The van der Waals surface area contributed by atoms with Gasteiger partial charge in [-0.2, -0.15) is 4.98 Å². The summed E-state index contributed by atoms with van der Waals surface area (Å²) in [4.78, 5) is 13.0. The quantitative estimate of drug-likeness (QED) is 0.801. The molecule has 0 atom stereocenters. The Kier molecular flexibility index (Phi) is 3.14. The van der Waals surface area contributed by atoms with Crippen LogP contribution < -0.4 is 10.1 Å². The third-order valence-electron chi connectivity index (χ3n) is 3.82. The normalized spacial score (nSPS) is 14.8. The third kappa shape index (κ3) is 2.59. The number of imidazole rings is 1. The van der Waals surface area contributed by atoms with Crippen LogP contribution in [0.15, 0.2) is 36.8 Å². The van der Waals surface area contributed by atoms with E-state index >= 15 is 0 Å². The molecule has 3 heterocycles. The lowest BCUT2D eigenvalue weighted by Crippen LogP contribution is -2.25. The molecule has 4 rings (SSSR count). The molecule has 0 spiro atoms. The molecule has 0 radical (unpaired) electrons. The Bertz CT molecular complexity index is 809. The van der Waals surface area contributed by atoms with Crippen molar-refractivity contribution in [1.29, 1.82) is 0 Å². The average molecular weight is 295 g/mol. The fraction of sp³-hybridized carbons (Fsp3) is 0.312. The van der Waals surface area contributed by atoms with E-state index in [0.717, 1.165) is 30.0 Å². The fourth-order valence-corrected chi connectivity index (χ4v) is 2.46. The Morgan fingerprint density at radius 2 is 2.14 bits per heavy atom. The van der Waals surface area contributed by atoms with Crippen molar-refractivity contribution in [3.8, 4) is 5.88 Å². The predicted molar refractivity (Wildman–Crippen MR) is 83.5 cm³/mol. The van der Waals surface area contributed by atoms with Gasteiger partial charge in [0, 0.05) is 36.4 Å². The molecule has 1 saturated carbocycles. The molecule has 0 amide bonds. The first-order valence-electron chi connectivity index (χ1n) is 7.48. The first-order chi connectivity index (χ1) is 10.8. The summed E-state index contributed by atoms with van der Waals surface area (Å²) in [6, 6.07) is 5.81. The number of pyridine rings is 1. The van der Waals surface area contributed by atoms with Gasteiger partial charge in [-0.25, -0.2) is 9.97 Å². The lowest BCUT2D eigenvalue weighted by molar-refractivity contribution is 0.114. The van der Waals surface area contributed by atoms with Gasteiger partial charge in [0.15, 0.2) is 0 Å². The smallest absolute Gasteiger partial charge is 0.219 e. The zero-order valence-electron chi connectivity index (χ0n) is 12.4. The molecule has 1 fully saturated rings. The van der Waals surface area contributed by atoms with Crippen LogP contribution in [0.2, 0.25) is 0 Å². The van der Waals surface area contributed by atoms with E-state index in [9.17, 15) is 0 Å². The summed E-state index contributed by atoms with van der Waals surface area (Å²) in [7, 11) is 0. The summed E-state index contributed by atoms with van der Waals surface area (Å²) in [6.45, 7) is 1.87. The number of hydrogen-bond donors (Lipinski definition) is 1. The van der Waals surface area contributed by atoms with Crippen molar-refractivity contribution < 1.29 is 4.74 Å². The number of nitrogens with one attached hydrogen (secondary N) is 1. The number of aryl methyl sites for hydroxylation is 1. The molecule has 22 heavy (non-hydrogen) atoms. The number of aromatic nitrogens is 4. The van der Waals surface area contributed by atoms with Crippen molar-refractivity contribution in [2.75, 3.05) is 5.32 Å². The topological polar surface area (TPSA) is 64.3 Å². The van der Waals surface area contributed by atoms with E-state index in [4.69, 9.17) is 4.74 Å². The van der Waals surface area contributed by atoms with Crippen LogP contribution in [0.3, 0.4) is 0 Å². The van der Waals surface area contributed by atoms with Crippen LogP contribution in [0.1, 0.15) is 25.1 Å². The molecule has 0 unspecified atom stereocenters.